The van der Waals surface area contributed by atoms with Crippen LogP contribution in [-0.4, -0.2) is 32.8 Å². The molecule has 6 nitrogen and oxygen atoms in total. The molecule has 0 saturated carbocycles. The maximum absolute atomic E-state index is 9.06. The number of benzene rings is 1. The Morgan fingerprint density at radius 2 is 1.81 bits per heavy atom. The third-order valence-corrected chi connectivity index (χ3v) is 4.76. The predicted octanol–water partition coefficient (Wildman–Crippen LogP) is 2.39. The van der Waals surface area contributed by atoms with Gasteiger partial charge in [0.2, 0.25) is 0 Å². The summed E-state index contributed by atoms with van der Waals surface area (Å²) in [6, 6.07) is 18.2. The number of nitriles is 1. The fourth-order valence-electron chi connectivity index (χ4n) is 3.36. The summed E-state index contributed by atoms with van der Waals surface area (Å²) in [6.07, 6.45) is 2.68. The van der Waals surface area contributed by atoms with E-state index in [0.717, 1.165) is 56.4 Å². The topological polar surface area (TPSA) is 70.6 Å². The van der Waals surface area contributed by atoms with Gasteiger partial charge in [-0.15, -0.1) is 10.2 Å². The Bertz CT molecular complexity index is 925. The van der Waals surface area contributed by atoms with Crippen LogP contribution in [0.25, 0.3) is 0 Å². The average molecular weight is 344 g/mol. The van der Waals surface area contributed by atoms with E-state index >= 15 is 0 Å². The zero-order valence-corrected chi connectivity index (χ0v) is 14.5. The van der Waals surface area contributed by atoms with Crippen LogP contribution >= 0.6 is 0 Å². The molecule has 6 heteroatoms. The molecule has 3 aromatic rings. The highest BCUT2D eigenvalue weighted by Gasteiger charge is 2.19. The summed E-state index contributed by atoms with van der Waals surface area (Å²) >= 11 is 0. The van der Waals surface area contributed by atoms with E-state index in [1.165, 1.54) is 5.56 Å². The van der Waals surface area contributed by atoms with Gasteiger partial charge in [-0.05, 0) is 24.1 Å². The molecular formula is C20H20N6. The van der Waals surface area contributed by atoms with Crippen molar-refractivity contribution in [3.8, 4) is 6.07 Å². The van der Waals surface area contributed by atoms with E-state index in [2.05, 4.69) is 55.0 Å². The molecule has 1 aliphatic heterocycles. The quantitative estimate of drug-likeness (QED) is 0.727. The third kappa shape index (κ3) is 3.42. The van der Waals surface area contributed by atoms with Crippen molar-refractivity contribution in [3.05, 3.63) is 71.4 Å². The van der Waals surface area contributed by atoms with E-state index in [1.54, 1.807) is 6.07 Å². The fraction of sp³-hybridized carbons (Fsp3) is 0.300. The van der Waals surface area contributed by atoms with Crippen LogP contribution in [0.1, 0.15) is 22.9 Å². The molecule has 0 amide bonds. The van der Waals surface area contributed by atoms with Gasteiger partial charge in [0.15, 0.2) is 0 Å². The van der Waals surface area contributed by atoms with Crippen molar-refractivity contribution in [3.63, 3.8) is 0 Å². The lowest BCUT2D eigenvalue weighted by Gasteiger charge is -2.21. The Morgan fingerprint density at radius 1 is 0.923 bits per heavy atom. The van der Waals surface area contributed by atoms with Crippen molar-refractivity contribution in [1.82, 2.24) is 19.7 Å². The van der Waals surface area contributed by atoms with Crippen molar-refractivity contribution < 1.29 is 0 Å². The van der Waals surface area contributed by atoms with Crippen molar-refractivity contribution in [2.75, 3.05) is 18.0 Å². The highest BCUT2D eigenvalue weighted by Crippen LogP contribution is 2.17. The smallest absolute Gasteiger partial charge is 0.142 e. The molecule has 1 aromatic carbocycles. The number of hydrogen-bond acceptors (Lipinski definition) is 5. The second kappa shape index (κ2) is 7.36. The SMILES string of the molecule is N#Cc1cccc(N2CCc3nnc(CCc4ccccc4)n3CC2)n1. The van der Waals surface area contributed by atoms with Gasteiger partial charge in [-0.25, -0.2) is 4.98 Å². The summed E-state index contributed by atoms with van der Waals surface area (Å²) in [5, 5.41) is 17.9. The minimum absolute atomic E-state index is 0.453. The molecule has 0 bridgehead atoms. The van der Waals surface area contributed by atoms with Crippen molar-refractivity contribution >= 4 is 5.82 Å². The van der Waals surface area contributed by atoms with E-state index in [9.17, 15) is 0 Å². The first-order valence-corrected chi connectivity index (χ1v) is 8.90. The van der Waals surface area contributed by atoms with E-state index < -0.39 is 0 Å². The number of aromatic nitrogens is 4. The standard InChI is InChI=1S/C20H20N6/c21-15-17-7-4-8-18(22-17)25-12-11-20-24-23-19(26(20)14-13-25)10-9-16-5-2-1-3-6-16/h1-8H,9-14H2. The summed E-state index contributed by atoms with van der Waals surface area (Å²) < 4.78 is 2.25. The van der Waals surface area contributed by atoms with Crippen LogP contribution in [0, 0.1) is 11.3 Å². The second-order valence-corrected chi connectivity index (χ2v) is 6.40. The van der Waals surface area contributed by atoms with E-state index in [4.69, 9.17) is 5.26 Å². The number of hydrogen-bond donors (Lipinski definition) is 0. The van der Waals surface area contributed by atoms with Gasteiger partial charge in [0.25, 0.3) is 0 Å². The summed E-state index contributed by atoms with van der Waals surface area (Å²) in [7, 11) is 0. The lowest BCUT2D eigenvalue weighted by molar-refractivity contribution is 0.641. The number of anilines is 1. The molecule has 0 N–H and O–H groups in total. The molecule has 0 spiro atoms. The third-order valence-electron chi connectivity index (χ3n) is 4.76. The van der Waals surface area contributed by atoms with E-state index in [0.29, 0.717) is 5.69 Å². The van der Waals surface area contributed by atoms with Gasteiger partial charge in [0.1, 0.15) is 29.2 Å². The summed E-state index contributed by atoms with van der Waals surface area (Å²) in [5.41, 5.74) is 1.77. The Labute approximate surface area is 152 Å². The number of rotatable bonds is 4. The fourth-order valence-corrected chi connectivity index (χ4v) is 3.36. The summed E-state index contributed by atoms with van der Waals surface area (Å²) in [4.78, 5) is 6.64. The van der Waals surface area contributed by atoms with Crippen molar-refractivity contribution in [1.29, 1.82) is 5.26 Å². The maximum atomic E-state index is 9.06. The first-order valence-electron chi connectivity index (χ1n) is 8.90. The highest BCUT2D eigenvalue weighted by atomic mass is 15.3. The zero-order valence-electron chi connectivity index (χ0n) is 14.5. The minimum atomic E-state index is 0.453. The van der Waals surface area contributed by atoms with Crippen LogP contribution in [0.3, 0.4) is 0 Å². The maximum Gasteiger partial charge on any atom is 0.142 e. The summed E-state index contributed by atoms with van der Waals surface area (Å²) in [6.45, 7) is 2.51. The lowest BCUT2D eigenvalue weighted by Crippen LogP contribution is -2.27. The Morgan fingerprint density at radius 3 is 2.65 bits per heavy atom. The molecule has 0 saturated heterocycles. The van der Waals surface area contributed by atoms with Crippen LogP contribution in [0.4, 0.5) is 5.82 Å². The lowest BCUT2D eigenvalue weighted by atomic mass is 10.1. The Kier molecular flexibility index (Phi) is 4.61. The van der Waals surface area contributed by atoms with Gasteiger partial charge in [-0.1, -0.05) is 36.4 Å². The van der Waals surface area contributed by atoms with Crippen LogP contribution in [0.15, 0.2) is 48.5 Å². The highest BCUT2D eigenvalue weighted by molar-refractivity contribution is 5.42. The van der Waals surface area contributed by atoms with Gasteiger partial charge in [-0.3, -0.25) is 0 Å². The Balaban J connectivity index is 1.47. The molecular weight excluding hydrogens is 324 g/mol. The molecule has 2 aromatic heterocycles. The first-order chi connectivity index (χ1) is 12.8. The predicted molar refractivity (Wildman–Crippen MR) is 98.7 cm³/mol. The Hall–Kier alpha value is -3.20. The number of pyridine rings is 1. The number of fused-ring (bicyclic) bond motifs is 1. The molecule has 0 radical (unpaired) electrons. The van der Waals surface area contributed by atoms with E-state index in [1.807, 2.05) is 18.2 Å². The monoisotopic (exact) mass is 344 g/mol. The average Bonchev–Trinajstić information content (AvgIpc) is 2.96. The second-order valence-electron chi connectivity index (χ2n) is 6.40. The molecule has 26 heavy (non-hydrogen) atoms. The summed E-state index contributed by atoms with van der Waals surface area (Å²) in [5.74, 6) is 2.94. The zero-order chi connectivity index (χ0) is 17.8. The van der Waals surface area contributed by atoms with Gasteiger partial charge in [-0.2, -0.15) is 5.26 Å². The van der Waals surface area contributed by atoms with Crippen LogP contribution < -0.4 is 4.90 Å². The number of nitrogens with zero attached hydrogens (tertiary/aromatic N) is 6. The van der Waals surface area contributed by atoms with Crippen molar-refractivity contribution in [2.24, 2.45) is 0 Å². The molecule has 0 atom stereocenters. The van der Waals surface area contributed by atoms with Crippen LogP contribution in [0.5, 0.6) is 0 Å². The van der Waals surface area contributed by atoms with Gasteiger partial charge in [0.05, 0.1) is 0 Å². The van der Waals surface area contributed by atoms with Gasteiger partial charge >= 0.3 is 0 Å². The van der Waals surface area contributed by atoms with E-state index in [-0.39, 0.29) is 0 Å². The number of aryl methyl sites for hydroxylation is 2. The van der Waals surface area contributed by atoms with Gasteiger partial charge in [0, 0.05) is 32.5 Å². The minimum Gasteiger partial charge on any atom is -0.354 e. The van der Waals surface area contributed by atoms with Crippen LogP contribution in [-0.2, 0) is 25.8 Å². The molecule has 0 unspecified atom stereocenters. The molecule has 3 heterocycles. The molecule has 130 valence electrons. The largest absolute Gasteiger partial charge is 0.354 e. The normalized spacial score (nSPS) is 13.7. The molecule has 0 fully saturated rings. The molecule has 0 aliphatic carbocycles. The van der Waals surface area contributed by atoms with Crippen LogP contribution in [0.2, 0.25) is 0 Å². The molecule has 4 rings (SSSR count). The molecule has 1 aliphatic rings. The first kappa shape index (κ1) is 16.3. The van der Waals surface area contributed by atoms with Gasteiger partial charge < -0.3 is 9.47 Å². The van der Waals surface area contributed by atoms with Crippen molar-refractivity contribution in [2.45, 2.75) is 25.8 Å².